The van der Waals surface area contributed by atoms with E-state index in [1.807, 2.05) is 0 Å². The first kappa shape index (κ1) is 15.2. The summed E-state index contributed by atoms with van der Waals surface area (Å²) in [5.41, 5.74) is 0.990. The Balaban J connectivity index is 1.81. The summed E-state index contributed by atoms with van der Waals surface area (Å²) < 4.78 is 0. The predicted molar refractivity (Wildman–Crippen MR) is 80.8 cm³/mol. The predicted octanol–water partition coefficient (Wildman–Crippen LogP) is 2.76. The average Bonchev–Trinajstić information content (AvgIpc) is 2.83. The molecule has 118 valence electrons. The van der Waals surface area contributed by atoms with Crippen LogP contribution in [0.3, 0.4) is 0 Å². The van der Waals surface area contributed by atoms with Gasteiger partial charge in [-0.2, -0.15) is 0 Å². The van der Waals surface area contributed by atoms with E-state index in [4.69, 9.17) is 11.6 Å². The first-order chi connectivity index (χ1) is 10.5. The number of benzene rings is 1. The molecule has 7 heteroatoms. The van der Waals surface area contributed by atoms with Crippen molar-refractivity contribution in [3.63, 3.8) is 0 Å². The minimum Gasteiger partial charge on any atom is -0.396 e. The number of nitro benzene ring substituents is 1. The maximum Gasteiger partial charge on any atom is 0.288 e. The number of carbonyl (C=O) groups is 1. The quantitative estimate of drug-likeness (QED) is 0.684. The molecule has 1 saturated carbocycles. The van der Waals surface area contributed by atoms with Crippen molar-refractivity contribution in [3.05, 3.63) is 38.4 Å². The van der Waals surface area contributed by atoms with Crippen molar-refractivity contribution in [2.75, 3.05) is 6.61 Å². The van der Waals surface area contributed by atoms with Crippen LogP contribution in [0.25, 0.3) is 0 Å². The Kier molecular flexibility index (Phi) is 4.06. The Morgan fingerprint density at radius 1 is 1.32 bits per heavy atom. The summed E-state index contributed by atoms with van der Waals surface area (Å²) in [7, 11) is 0. The molecule has 0 bridgehead atoms. The Morgan fingerprint density at radius 2 is 2.00 bits per heavy atom. The summed E-state index contributed by atoms with van der Waals surface area (Å²) in [6, 6.07) is 2.96. The molecule has 0 saturated heterocycles. The molecule has 3 rings (SSSR count). The lowest BCUT2D eigenvalue weighted by atomic mass is 9.86. The van der Waals surface area contributed by atoms with Crippen LogP contribution in [-0.2, 0) is 6.54 Å². The summed E-state index contributed by atoms with van der Waals surface area (Å²) in [4.78, 5) is 24.7. The summed E-state index contributed by atoms with van der Waals surface area (Å²) in [6.45, 7) is 0.601. The SMILES string of the molecule is O=C1c2cc(Cl)c([N+](=O)[O-])cc2CN1C1CCC(CO)CC1. The highest BCUT2D eigenvalue weighted by Crippen LogP contribution is 2.36. The minimum atomic E-state index is -0.526. The van der Waals surface area contributed by atoms with Gasteiger partial charge >= 0.3 is 0 Å². The number of amides is 1. The molecular weight excluding hydrogens is 308 g/mol. The molecule has 1 aliphatic carbocycles. The largest absolute Gasteiger partial charge is 0.396 e. The van der Waals surface area contributed by atoms with Gasteiger partial charge in [0.1, 0.15) is 5.02 Å². The number of aliphatic hydroxyl groups excluding tert-OH is 1. The smallest absolute Gasteiger partial charge is 0.288 e. The zero-order valence-electron chi connectivity index (χ0n) is 12.0. The summed E-state index contributed by atoms with van der Waals surface area (Å²) in [5, 5.41) is 20.1. The van der Waals surface area contributed by atoms with E-state index in [0.29, 0.717) is 23.6 Å². The van der Waals surface area contributed by atoms with Gasteiger partial charge in [0.25, 0.3) is 11.6 Å². The molecule has 0 spiro atoms. The zero-order valence-corrected chi connectivity index (χ0v) is 12.8. The number of carbonyl (C=O) groups excluding carboxylic acids is 1. The van der Waals surface area contributed by atoms with Gasteiger partial charge in [-0.25, -0.2) is 0 Å². The summed E-state index contributed by atoms with van der Waals surface area (Å²) in [5.74, 6) is 0.228. The minimum absolute atomic E-state index is 0.00272. The van der Waals surface area contributed by atoms with Crippen LogP contribution in [0.4, 0.5) is 5.69 Å². The van der Waals surface area contributed by atoms with Crippen molar-refractivity contribution in [1.82, 2.24) is 4.90 Å². The maximum atomic E-state index is 12.5. The first-order valence-corrected chi connectivity index (χ1v) is 7.77. The van der Waals surface area contributed by atoms with E-state index in [0.717, 1.165) is 25.7 Å². The normalized spacial score (nSPS) is 24.5. The number of aliphatic hydroxyl groups is 1. The Hall–Kier alpha value is -1.66. The molecule has 2 aliphatic rings. The van der Waals surface area contributed by atoms with E-state index >= 15 is 0 Å². The Morgan fingerprint density at radius 3 is 2.59 bits per heavy atom. The van der Waals surface area contributed by atoms with E-state index in [2.05, 4.69) is 0 Å². The molecule has 0 atom stereocenters. The van der Waals surface area contributed by atoms with Gasteiger partial charge in [-0.3, -0.25) is 14.9 Å². The van der Waals surface area contributed by atoms with Gasteiger partial charge in [0.15, 0.2) is 0 Å². The van der Waals surface area contributed by atoms with Gasteiger partial charge in [0.2, 0.25) is 0 Å². The van der Waals surface area contributed by atoms with Gasteiger partial charge in [0.05, 0.1) is 4.92 Å². The number of fused-ring (bicyclic) bond motifs is 1. The molecule has 0 aromatic heterocycles. The van der Waals surface area contributed by atoms with Crippen LogP contribution in [0, 0.1) is 16.0 Å². The van der Waals surface area contributed by atoms with E-state index < -0.39 is 4.92 Å². The number of rotatable bonds is 3. The Labute approximate surface area is 132 Å². The van der Waals surface area contributed by atoms with Crippen LogP contribution in [0.2, 0.25) is 5.02 Å². The highest BCUT2D eigenvalue weighted by atomic mass is 35.5. The molecule has 6 nitrogen and oxygen atoms in total. The molecular formula is C15H17ClN2O4. The topological polar surface area (TPSA) is 83.7 Å². The van der Waals surface area contributed by atoms with Crippen molar-refractivity contribution < 1.29 is 14.8 Å². The second-order valence-electron chi connectivity index (χ2n) is 6.01. The number of nitrogens with zero attached hydrogens (tertiary/aromatic N) is 2. The Bertz CT molecular complexity index is 626. The second-order valence-corrected chi connectivity index (χ2v) is 6.42. The molecule has 22 heavy (non-hydrogen) atoms. The lowest BCUT2D eigenvalue weighted by Crippen LogP contribution is -2.38. The van der Waals surface area contributed by atoms with Crippen LogP contribution in [0.5, 0.6) is 0 Å². The number of hydrogen-bond acceptors (Lipinski definition) is 4. The number of halogens is 1. The van der Waals surface area contributed by atoms with Crippen LogP contribution >= 0.6 is 11.6 Å². The van der Waals surface area contributed by atoms with E-state index in [1.165, 1.54) is 12.1 Å². The number of nitro groups is 1. The summed E-state index contributed by atoms with van der Waals surface area (Å²) >= 11 is 5.90. The molecule has 0 radical (unpaired) electrons. The van der Waals surface area contributed by atoms with Gasteiger partial charge in [0, 0.05) is 30.8 Å². The highest BCUT2D eigenvalue weighted by molar-refractivity contribution is 6.33. The lowest BCUT2D eigenvalue weighted by Gasteiger charge is -2.33. The van der Waals surface area contributed by atoms with Crippen LogP contribution < -0.4 is 0 Å². The van der Waals surface area contributed by atoms with Crippen LogP contribution in [0.15, 0.2) is 12.1 Å². The van der Waals surface area contributed by atoms with Gasteiger partial charge < -0.3 is 10.0 Å². The van der Waals surface area contributed by atoms with E-state index in [-0.39, 0.29) is 29.3 Å². The van der Waals surface area contributed by atoms with E-state index in [1.54, 1.807) is 4.90 Å². The molecule has 1 aliphatic heterocycles. The molecule has 1 amide bonds. The third kappa shape index (κ3) is 2.57. The maximum absolute atomic E-state index is 12.5. The van der Waals surface area contributed by atoms with E-state index in [9.17, 15) is 20.0 Å². The zero-order chi connectivity index (χ0) is 15.9. The fraction of sp³-hybridized carbons (Fsp3) is 0.533. The average molecular weight is 325 g/mol. The van der Waals surface area contributed by atoms with Gasteiger partial charge in [-0.05, 0) is 43.2 Å². The number of hydrogen-bond donors (Lipinski definition) is 1. The monoisotopic (exact) mass is 324 g/mol. The lowest BCUT2D eigenvalue weighted by molar-refractivity contribution is -0.384. The third-order valence-electron chi connectivity index (χ3n) is 4.72. The molecule has 1 heterocycles. The van der Waals surface area contributed by atoms with Crippen LogP contribution in [-0.4, -0.2) is 33.5 Å². The standard InChI is InChI=1S/C15H17ClN2O4/c16-13-6-12-10(5-14(13)18(21)22)7-17(15(12)20)11-3-1-9(8-19)2-4-11/h5-6,9,11,19H,1-4,7-8H2. The van der Waals surface area contributed by atoms with Gasteiger partial charge in [-0.1, -0.05) is 11.6 Å². The molecule has 1 aromatic carbocycles. The van der Waals surface area contributed by atoms with Crippen molar-refractivity contribution in [2.24, 2.45) is 5.92 Å². The van der Waals surface area contributed by atoms with Crippen molar-refractivity contribution in [3.8, 4) is 0 Å². The van der Waals surface area contributed by atoms with Crippen molar-refractivity contribution >= 4 is 23.2 Å². The molecule has 0 unspecified atom stereocenters. The second kappa shape index (κ2) is 5.85. The van der Waals surface area contributed by atoms with Crippen LogP contribution in [0.1, 0.15) is 41.6 Å². The fourth-order valence-electron chi connectivity index (χ4n) is 3.42. The molecule has 1 aromatic rings. The van der Waals surface area contributed by atoms with Crippen molar-refractivity contribution in [1.29, 1.82) is 0 Å². The third-order valence-corrected chi connectivity index (χ3v) is 5.02. The molecule has 1 N–H and O–H groups in total. The van der Waals surface area contributed by atoms with Crippen molar-refractivity contribution in [2.45, 2.75) is 38.3 Å². The highest BCUT2D eigenvalue weighted by Gasteiger charge is 2.36. The van der Waals surface area contributed by atoms with Gasteiger partial charge in [-0.15, -0.1) is 0 Å². The molecule has 1 fully saturated rings. The fourth-order valence-corrected chi connectivity index (χ4v) is 3.65. The summed E-state index contributed by atoms with van der Waals surface area (Å²) in [6.07, 6.45) is 3.53. The first-order valence-electron chi connectivity index (χ1n) is 7.40.